The summed E-state index contributed by atoms with van der Waals surface area (Å²) in [6, 6.07) is 12.4. The highest BCUT2D eigenvalue weighted by molar-refractivity contribution is 6.26. The van der Waals surface area contributed by atoms with Gasteiger partial charge in [-0.25, -0.2) is 0 Å². The zero-order valence-electron chi connectivity index (χ0n) is 17.3. The number of fused-ring (bicyclic) bond motifs is 6. The van der Waals surface area contributed by atoms with E-state index < -0.39 is 5.97 Å². The molecule has 0 saturated carbocycles. The van der Waals surface area contributed by atoms with E-state index in [1.165, 1.54) is 0 Å². The highest BCUT2D eigenvalue weighted by atomic mass is 35.5. The monoisotopic (exact) mass is 442 g/mol. The largest absolute Gasteiger partial charge is 0.493 e. The van der Waals surface area contributed by atoms with E-state index in [4.69, 9.17) is 35.7 Å². The van der Waals surface area contributed by atoms with Gasteiger partial charge in [-0.2, -0.15) is 4.57 Å². The molecule has 1 aliphatic heterocycles. The topological polar surface area (TPSA) is 78.1 Å². The van der Waals surface area contributed by atoms with E-state index in [0.29, 0.717) is 0 Å². The SMILES string of the molecule is COc1cc2c[n+](C)c3c4cc5c(cc4ccc3c2cc1OC)OCO5.O=C(O)CCl. The van der Waals surface area contributed by atoms with Gasteiger partial charge in [0.1, 0.15) is 12.9 Å². The van der Waals surface area contributed by atoms with Crippen LogP contribution in [-0.4, -0.2) is 38.0 Å². The second-order valence-corrected chi connectivity index (χ2v) is 7.22. The third kappa shape index (κ3) is 3.72. The molecule has 1 N–H and O–H groups in total. The maximum atomic E-state index is 9.24. The van der Waals surface area contributed by atoms with Crippen LogP contribution >= 0.6 is 11.6 Å². The molecule has 3 aromatic carbocycles. The first-order valence-corrected chi connectivity index (χ1v) is 9.98. The minimum absolute atomic E-state index is 0.273. The van der Waals surface area contributed by atoms with Gasteiger partial charge >= 0.3 is 5.97 Å². The molecule has 0 bridgehead atoms. The van der Waals surface area contributed by atoms with Crippen LogP contribution in [0.5, 0.6) is 23.0 Å². The van der Waals surface area contributed by atoms with E-state index in [1.54, 1.807) is 14.2 Å². The number of halogens is 1. The first-order chi connectivity index (χ1) is 15.0. The Balaban J connectivity index is 0.000000418. The first-order valence-electron chi connectivity index (χ1n) is 9.45. The number of hydrogen-bond acceptors (Lipinski definition) is 5. The molecule has 0 radical (unpaired) electrons. The number of carboxylic acids is 1. The summed E-state index contributed by atoms with van der Waals surface area (Å²) >= 11 is 4.74. The van der Waals surface area contributed by atoms with Crippen LogP contribution in [-0.2, 0) is 11.8 Å². The summed E-state index contributed by atoms with van der Waals surface area (Å²) in [4.78, 5) is 9.24. The van der Waals surface area contributed by atoms with Crippen molar-refractivity contribution in [1.82, 2.24) is 0 Å². The van der Waals surface area contributed by atoms with Gasteiger partial charge in [-0.1, -0.05) is 6.07 Å². The number of hydrogen-bond donors (Lipinski definition) is 1. The summed E-state index contributed by atoms with van der Waals surface area (Å²) in [5, 5.41) is 13.2. The van der Waals surface area contributed by atoms with Crippen LogP contribution in [0.4, 0.5) is 0 Å². The molecule has 1 aliphatic rings. The lowest BCUT2D eigenvalue weighted by atomic mass is 10.0. The minimum atomic E-state index is -0.980. The lowest BCUT2D eigenvalue weighted by Gasteiger charge is -2.11. The van der Waals surface area contributed by atoms with Gasteiger partial charge in [-0.15, -0.1) is 11.6 Å². The number of benzene rings is 3. The van der Waals surface area contributed by atoms with Gasteiger partial charge in [0.25, 0.3) is 0 Å². The molecule has 0 fully saturated rings. The molecule has 0 amide bonds. The van der Waals surface area contributed by atoms with Gasteiger partial charge in [0.15, 0.2) is 29.2 Å². The van der Waals surface area contributed by atoms with Crippen LogP contribution in [0, 0.1) is 0 Å². The fourth-order valence-electron chi connectivity index (χ4n) is 3.80. The molecular formula is C23H21ClNO6+. The van der Waals surface area contributed by atoms with Gasteiger partial charge in [-0.3, -0.25) is 4.79 Å². The zero-order chi connectivity index (χ0) is 22.1. The number of methoxy groups -OCH3 is 2. The fourth-order valence-corrected chi connectivity index (χ4v) is 3.80. The summed E-state index contributed by atoms with van der Waals surface area (Å²) in [5.74, 6) is 1.75. The smallest absolute Gasteiger partial charge is 0.318 e. The van der Waals surface area contributed by atoms with Crippen LogP contribution < -0.4 is 23.5 Å². The number of ether oxygens (including phenoxy) is 4. The van der Waals surface area contributed by atoms with Crippen molar-refractivity contribution in [2.45, 2.75) is 0 Å². The molecule has 0 saturated heterocycles. The molecule has 5 rings (SSSR count). The van der Waals surface area contributed by atoms with Crippen molar-refractivity contribution in [3.63, 3.8) is 0 Å². The van der Waals surface area contributed by atoms with Crippen molar-refractivity contribution >= 4 is 50.0 Å². The predicted octanol–water partition coefficient (Wildman–Crippen LogP) is 4.03. The number of carbonyl (C=O) groups is 1. The standard InChI is InChI=1S/C21H18NO4.C2H3ClO2/c1-22-10-13-7-17(23-2)18(24-3)8-15(13)14-5-4-12-6-19-20(26-11-25-19)9-16(12)21(14)22;3-1-2(4)5/h4-10H,11H2,1-3H3;1H2,(H,4,5)/q+1;. The Hall–Kier alpha value is -3.45. The van der Waals surface area contributed by atoms with E-state index in [2.05, 4.69) is 36.0 Å². The van der Waals surface area contributed by atoms with E-state index >= 15 is 0 Å². The Morgan fingerprint density at radius 1 is 1.00 bits per heavy atom. The molecule has 8 heteroatoms. The van der Waals surface area contributed by atoms with E-state index in [0.717, 1.165) is 55.4 Å². The number of rotatable bonds is 3. The Morgan fingerprint density at radius 3 is 2.29 bits per heavy atom. The number of carboxylic acid groups (broad SMARTS) is 1. The highest BCUT2D eigenvalue weighted by Gasteiger charge is 2.20. The maximum Gasteiger partial charge on any atom is 0.318 e. The number of alkyl halides is 1. The second-order valence-electron chi connectivity index (χ2n) is 6.95. The first kappa shape index (κ1) is 20.8. The van der Waals surface area contributed by atoms with Gasteiger partial charge in [0.2, 0.25) is 12.3 Å². The summed E-state index contributed by atoms with van der Waals surface area (Å²) in [6.45, 7) is 0.273. The number of nitrogens with zero attached hydrogens (tertiary/aromatic N) is 1. The number of aryl methyl sites for hydroxylation is 1. The van der Waals surface area contributed by atoms with Crippen LogP contribution in [0.25, 0.3) is 32.4 Å². The Morgan fingerprint density at radius 2 is 1.65 bits per heavy atom. The minimum Gasteiger partial charge on any atom is -0.493 e. The lowest BCUT2D eigenvalue weighted by Crippen LogP contribution is -2.28. The van der Waals surface area contributed by atoms with Gasteiger partial charge in [0.05, 0.1) is 30.4 Å². The molecule has 0 atom stereocenters. The molecule has 0 spiro atoms. The van der Waals surface area contributed by atoms with Gasteiger partial charge in [-0.05, 0) is 35.7 Å². The average molecular weight is 443 g/mol. The molecule has 160 valence electrons. The summed E-state index contributed by atoms with van der Waals surface area (Å²) in [6.07, 6.45) is 2.11. The molecule has 7 nitrogen and oxygen atoms in total. The second kappa shape index (κ2) is 8.35. The number of aromatic nitrogens is 1. The fraction of sp³-hybridized carbons (Fsp3) is 0.217. The van der Waals surface area contributed by atoms with E-state index in [9.17, 15) is 4.79 Å². The van der Waals surface area contributed by atoms with Crippen molar-refractivity contribution in [3.05, 3.63) is 42.6 Å². The van der Waals surface area contributed by atoms with Gasteiger partial charge < -0.3 is 24.1 Å². The number of pyridine rings is 1. The molecule has 2 heterocycles. The average Bonchev–Trinajstić information content (AvgIpc) is 3.24. The Kier molecular flexibility index (Phi) is 5.61. The molecule has 0 aliphatic carbocycles. The third-order valence-corrected chi connectivity index (χ3v) is 5.36. The van der Waals surface area contributed by atoms with Crippen LogP contribution in [0.1, 0.15) is 0 Å². The Bertz CT molecular complexity index is 1320. The van der Waals surface area contributed by atoms with Crippen LogP contribution in [0.3, 0.4) is 0 Å². The number of aliphatic carboxylic acids is 1. The van der Waals surface area contributed by atoms with E-state index in [-0.39, 0.29) is 12.7 Å². The molecule has 1 aromatic heterocycles. The normalized spacial score (nSPS) is 12.0. The summed E-state index contributed by atoms with van der Waals surface area (Å²) in [5.41, 5.74) is 1.14. The molecular weight excluding hydrogens is 422 g/mol. The van der Waals surface area contributed by atoms with Crippen molar-refractivity contribution < 1.29 is 33.4 Å². The quantitative estimate of drug-likeness (QED) is 0.293. The lowest BCUT2D eigenvalue weighted by molar-refractivity contribution is -0.642. The van der Waals surface area contributed by atoms with Crippen LogP contribution in [0.2, 0.25) is 0 Å². The predicted molar refractivity (Wildman–Crippen MR) is 118 cm³/mol. The molecule has 4 aromatic rings. The van der Waals surface area contributed by atoms with Gasteiger partial charge in [0, 0.05) is 5.39 Å². The van der Waals surface area contributed by atoms with Crippen molar-refractivity contribution in [1.29, 1.82) is 0 Å². The summed E-state index contributed by atoms with van der Waals surface area (Å²) in [7, 11) is 5.37. The Labute approximate surface area is 183 Å². The zero-order valence-corrected chi connectivity index (χ0v) is 18.0. The molecule has 0 unspecified atom stereocenters. The highest BCUT2D eigenvalue weighted by Crippen LogP contribution is 2.40. The van der Waals surface area contributed by atoms with Crippen molar-refractivity contribution in [2.24, 2.45) is 7.05 Å². The van der Waals surface area contributed by atoms with Crippen molar-refractivity contribution in [2.75, 3.05) is 26.9 Å². The summed E-state index contributed by atoms with van der Waals surface area (Å²) < 4.78 is 24.2. The maximum absolute atomic E-state index is 9.24. The molecule has 31 heavy (non-hydrogen) atoms. The van der Waals surface area contributed by atoms with Crippen LogP contribution in [0.15, 0.2) is 42.6 Å². The van der Waals surface area contributed by atoms with E-state index in [1.807, 2.05) is 18.2 Å². The van der Waals surface area contributed by atoms with Crippen molar-refractivity contribution in [3.8, 4) is 23.0 Å². The third-order valence-electron chi connectivity index (χ3n) is 5.13.